The molecule has 5 heteroatoms. The molecular formula is C10H5N3O2. The Hall–Kier alpha value is -2.30. The Bertz CT molecular complexity index is 614. The summed E-state index contributed by atoms with van der Waals surface area (Å²) in [5.74, 6) is -1.08. The average molecular weight is 199 g/mol. The fourth-order valence-electron chi connectivity index (χ4n) is 1.70. The number of rotatable bonds is 1. The first-order chi connectivity index (χ1) is 7.27. The Morgan fingerprint density at radius 3 is 3.00 bits per heavy atom. The van der Waals surface area contributed by atoms with Gasteiger partial charge in [-0.05, 0) is 6.07 Å². The van der Waals surface area contributed by atoms with Crippen LogP contribution in [-0.4, -0.2) is 27.0 Å². The zero-order valence-electron chi connectivity index (χ0n) is 7.51. The Labute approximate surface area is 84.1 Å². The van der Waals surface area contributed by atoms with Crippen molar-refractivity contribution < 1.29 is 9.90 Å². The van der Waals surface area contributed by atoms with E-state index in [4.69, 9.17) is 5.11 Å². The Balaban J connectivity index is 2.45. The zero-order valence-corrected chi connectivity index (χ0v) is 7.51. The fourth-order valence-corrected chi connectivity index (χ4v) is 1.70. The number of aliphatic carboxylic acids is 1. The number of nitrogens with zero attached hydrogens (tertiary/aromatic N) is 3. The van der Waals surface area contributed by atoms with E-state index in [0.29, 0.717) is 11.4 Å². The van der Waals surface area contributed by atoms with E-state index in [0.717, 1.165) is 10.8 Å². The van der Waals surface area contributed by atoms with Crippen molar-refractivity contribution >= 4 is 28.1 Å². The lowest BCUT2D eigenvalue weighted by atomic mass is 10.1. The van der Waals surface area contributed by atoms with Gasteiger partial charge >= 0.3 is 5.97 Å². The van der Waals surface area contributed by atoms with Crippen molar-refractivity contribution in [1.29, 1.82) is 0 Å². The molecule has 72 valence electrons. The fraction of sp³-hybridized carbons (Fsp3) is 0. The van der Waals surface area contributed by atoms with Gasteiger partial charge in [0.2, 0.25) is 0 Å². The minimum Gasteiger partial charge on any atom is -0.476 e. The minimum absolute atomic E-state index is 0.0331. The molecule has 0 saturated carbocycles. The molecule has 3 rings (SSSR count). The third kappa shape index (κ3) is 0.969. The predicted octanol–water partition coefficient (Wildman–Crippen LogP) is 1.15. The molecule has 0 radical (unpaired) electrons. The van der Waals surface area contributed by atoms with Crippen LogP contribution >= 0.6 is 0 Å². The van der Waals surface area contributed by atoms with Gasteiger partial charge in [0, 0.05) is 10.8 Å². The van der Waals surface area contributed by atoms with Crippen molar-refractivity contribution in [1.82, 2.24) is 10.2 Å². The maximum atomic E-state index is 10.9. The zero-order chi connectivity index (χ0) is 10.4. The maximum Gasteiger partial charge on any atom is 0.356 e. The molecule has 1 aromatic carbocycles. The number of carboxylic acids is 1. The summed E-state index contributed by atoms with van der Waals surface area (Å²) in [5.41, 5.74) is 0.972. The lowest BCUT2D eigenvalue weighted by Gasteiger charge is -1.97. The van der Waals surface area contributed by atoms with Gasteiger partial charge in [-0.1, -0.05) is 12.1 Å². The van der Waals surface area contributed by atoms with E-state index in [2.05, 4.69) is 15.2 Å². The molecule has 2 heterocycles. The molecule has 0 bridgehead atoms. The van der Waals surface area contributed by atoms with Crippen LogP contribution in [0.25, 0.3) is 10.8 Å². The van der Waals surface area contributed by atoms with Crippen LogP contribution in [0, 0.1) is 0 Å². The number of carboxylic acid groups (broad SMARTS) is 1. The third-order valence-corrected chi connectivity index (χ3v) is 2.33. The summed E-state index contributed by atoms with van der Waals surface area (Å²) in [6.07, 6.45) is 1.60. The van der Waals surface area contributed by atoms with Crippen LogP contribution in [0.3, 0.4) is 0 Å². The van der Waals surface area contributed by atoms with Crippen LogP contribution in [0.15, 0.2) is 29.4 Å². The topological polar surface area (TPSA) is 75.4 Å². The molecular weight excluding hydrogens is 194 g/mol. The number of benzene rings is 1. The SMILES string of the molecule is O=C(O)C1=Nc2cccc3cnnc1c23. The molecule has 0 amide bonds. The van der Waals surface area contributed by atoms with Crippen molar-refractivity contribution in [3.05, 3.63) is 30.1 Å². The summed E-state index contributed by atoms with van der Waals surface area (Å²) >= 11 is 0. The quantitative estimate of drug-likeness (QED) is 0.747. The van der Waals surface area contributed by atoms with Crippen LogP contribution in [0.5, 0.6) is 0 Å². The highest BCUT2D eigenvalue weighted by atomic mass is 16.4. The van der Waals surface area contributed by atoms with Gasteiger partial charge in [0.25, 0.3) is 0 Å². The monoisotopic (exact) mass is 199 g/mol. The molecule has 5 nitrogen and oxygen atoms in total. The van der Waals surface area contributed by atoms with Crippen molar-refractivity contribution in [3.8, 4) is 0 Å². The molecule has 0 unspecified atom stereocenters. The molecule has 0 saturated heterocycles. The molecule has 1 aliphatic heterocycles. The molecule has 1 N–H and O–H groups in total. The number of aromatic nitrogens is 2. The van der Waals surface area contributed by atoms with Crippen LogP contribution in [0.4, 0.5) is 5.69 Å². The lowest BCUT2D eigenvalue weighted by Crippen LogP contribution is -2.14. The number of carbonyl (C=O) groups is 1. The Morgan fingerprint density at radius 1 is 1.33 bits per heavy atom. The smallest absolute Gasteiger partial charge is 0.356 e. The van der Waals surface area contributed by atoms with Gasteiger partial charge in [-0.3, -0.25) is 0 Å². The molecule has 1 aliphatic rings. The number of hydrogen-bond acceptors (Lipinski definition) is 4. The van der Waals surface area contributed by atoms with E-state index < -0.39 is 5.97 Å². The van der Waals surface area contributed by atoms with Crippen molar-refractivity contribution in [3.63, 3.8) is 0 Å². The molecule has 0 spiro atoms. The van der Waals surface area contributed by atoms with E-state index >= 15 is 0 Å². The molecule has 0 atom stereocenters. The number of aliphatic imine (C=N–C) groups is 1. The highest BCUT2D eigenvalue weighted by molar-refractivity contribution is 6.47. The van der Waals surface area contributed by atoms with Crippen LogP contribution in [0.1, 0.15) is 5.69 Å². The molecule has 0 aliphatic carbocycles. The van der Waals surface area contributed by atoms with E-state index in [-0.39, 0.29) is 5.71 Å². The van der Waals surface area contributed by atoms with E-state index in [1.54, 1.807) is 12.3 Å². The Kier molecular flexibility index (Phi) is 1.39. The van der Waals surface area contributed by atoms with Gasteiger partial charge in [0.05, 0.1) is 11.9 Å². The maximum absolute atomic E-state index is 10.9. The highest BCUT2D eigenvalue weighted by Gasteiger charge is 2.25. The first-order valence-corrected chi connectivity index (χ1v) is 4.34. The summed E-state index contributed by atoms with van der Waals surface area (Å²) in [6, 6.07) is 5.44. The van der Waals surface area contributed by atoms with Gasteiger partial charge in [0.1, 0.15) is 5.69 Å². The lowest BCUT2D eigenvalue weighted by molar-refractivity contribution is -0.129. The second-order valence-corrected chi connectivity index (χ2v) is 3.20. The first-order valence-electron chi connectivity index (χ1n) is 4.34. The molecule has 1 aromatic heterocycles. The summed E-state index contributed by atoms with van der Waals surface area (Å²) in [7, 11) is 0. The van der Waals surface area contributed by atoms with Gasteiger partial charge in [-0.15, -0.1) is 5.10 Å². The molecule has 2 aromatic rings. The van der Waals surface area contributed by atoms with Crippen molar-refractivity contribution in [2.24, 2.45) is 4.99 Å². The summed E-state index contributed by atoms with van der Waals surface area (Å²) < 4.78 is 0. The van der Waals surface area contributed by atoms with E-state index in [1.165, 1.54) is 0 Å². The van der Waals surface area contributed by atoms with Gasteiger partial charge in [-0.2, -0.15) is 5.10 Å². The third-order valence-electron chi connectivity index (χ3n) is 2.33. The molecule has 0 fully saturated rings. The second kappa shape index (κ2) is 2.60. The summed E-state index contributed by atoms with van der Waals surface area (Å²) in [5, 5.41) is 18.1. The van der Waals surface area contributed by atoms with Crippen molar-refractivity contribution in [2.75, 3.05) is 0 Å². The summed E-state index contributed by atoms with van der Waals surface area (Å²) in [6.45, 7) is 0. The van der Waals surface area contributed by atoms with Crippen molar-refractivity contribution in [2.45, 2.75) is 0 Å². The normalized spacial score (nSPS) is 12.9. The number of hydrogen-bond donors (Lipinski definition) is 1. The van der Waals surface area contributed by atoms with Gasteiger partial charge in [-0.25, -0.2) is 9.79 Å². The highest BCUT2D eigenvalue weighted by Crippen LogP contribution is 2.33. The predicted molar refractivity (Wildman–Crippen MR) is 53.4 cm³/mol. The standard InChI is InChI=1S/C10H5N3O2/c14-10(15)9-8-7-5(4-11-13-8)2-1-3-6(7)12-9/h1-4H,(H,14,15). The molecule has 15 heavy (non-hydrogen) atoms. The van der Waals surface area contributed by atoms with E-state index in [1.807, 2.05) is 12.1 Å². The largest absolute Gasteiger partial charge is 0.476 e. The van der Waals surface area contributed by atoms with Gasteiger partial charge in [0.15, 0.2) is 5.71 Å². The van der Waals surface area contributed by atoms with Crippen LogP contribution in [0.2, 0.25) is 0 Å². The summed E-state index contributed by atoms with van der Waals surface area (Å²) in [4.78, 5) is 14.9. The average Bonchev–Trinajstić information content (AvgIpc) is 2.61. The first kappa shape index (κ1) is 8.05. The minimum atomic E-state index is -1.08. The van der Waals surface area contributed by atoms with Gasteiger partial charge < -0.3 is 5.11 Å². The second-order valence-electron chi connectivity index (χ2n) is 3.20. The van der Waals surface area contributed by atoms with Crippen LogP contribution in [-0.2, 0) is 4.79 Å². The van der Waals surface area contributed by atoms with Crippen LogP contribution < -0.4 is 0 Å². The Morgan fingerprint density at radius 2 is 2.20 bits per heavy atom. The van der Waals surface area contributed by atoms with E-state index in [9.17, 15) is 4.79 Å².